The van der Waals surface area contributed by atoms with E-state index in [1.54, 1.807) is 16.2 Å². The molecule has 1 amide bonds. The Morgan fingerprint density at radius 1 is 1.25 bits per heavy atom. The van der Waals surface area contributed by atoms with E-state index in [4.69, 9.17) is 4.98 Å². The number of para-hydroxylation sites is 1. The molecule has 1 atom stereocenters. The number of rotatable bonds is 2. The monoisotopic (exact) mass is 340 g/mol. The largest absolute Gasteiger partial charge is 0.337 e. The molecule has 6 nitrogen and oxygen atoms in total. The molecular formula is C17H16N4O2S. The van der Waals surface area contributed by atoms with Gasteiger partial charge in [0.05, 0.1) is 15.2 Å². The molecular weight excluding hydrogens is 324 g/mol. The number of hydrogen-bond acceptors (Lipinski definition) is 5. The molecule has 0 spiro atoms. The van der Waals surface area contributed by atoms with Gasteiger partial charge in [0.25, 0.3) is 11.5 Å². The minimum absolute atomic E-state index is 0.142. The van der Waals surface area contributed by atoms with E-state index < -0.39 is 0 Å². The second-order valence-corrected chi connectivity index (χ2v) is 6.98. The summed E-state index contributed by atoms with van der Waals surface area (Å²) < 4.78 is 1.18. The number of carbonyl (C=O) groups excluding carboxylic acids is 1. The first-order valence-corrected chi connectivity index (χ1v) is 8.73. The molecule has 1 aromatic carbocycles. The molecule has 4 rings (SSSR count). The lowest BCUT2D eigenvalue weighted by atomic mass is 9.98. The van der Waals surface area contributed by atoms with Crippen molar-refractivity contribution in [2.24, 2.45) is 0 Å². The van der Waals surface area contributed by atoms with Crippen LogP contribution in [-0.2, 0) is 0 Å². The number of amides is 1. The Bertz CT molecular complexity index is 895. The lowest BCUT2D eigenvalue weighted by molar-refractivity contribution is 0.0700. The first-order valence-electron chi connectivity index (χ1n) is 7.91. The number of aromatic nitrogens is 3. The Hall–Kier alpha value is -2.54. The van der Waals surface area contributed by atoms with Gasteiger partial charge in [0.2, 0.25) is 0 Å². The molecule has 3 heterocycles. The summed E-state index contributed by atoms with van der Waals surface area (Å²) >= 11 is 1.70. The summed E-state index contributed by atoms with van der Waals surface area (Å²) in [5.41, 5.74) is 0.986. The number of carbonyl (C=O) groups is 1. The van der Waals surface area contributed by atoms with E-state index in [-0.39, 0.29) is 23.1 Å². The number of benzene rings is 1. The number of piperidine rings is 1. The third-order valence-corrected chi connectivity index (χ3v) is 5.47. The third kappa shape index (κ3) is 2.82. The summed E-state index contributed by atoms with van der Waals surface area (Å²) in [7, 11) is 0. The maximum absolute atomic E-state index is 12.6. The molecule has 7 heteroatoms. The van der Waals surface area contributed by atoms with Crippen LogP contribution < -0.4 is 5.56 Å². The van der Waals surface area contributed by atoms with Crippen LogP contribution in [0.1, 0.15) is 34.3 Å². The van der Waals surface area contributed by atoms with Gasteiger partial charge >= 0.3 is 0 Å². The summed E-state index contributed by atoms with van der Waals surface area (Å²) in [5.74, 6) is 0.111. The number of likely N-dealkylation sites (tertiary alicyclic amines) is 1. The molecule has 24 heavy (non-hydrogen) atoms. The van der Waals surface area contributed by atoms with E-state index in [0.717, 1.165) is 23.4 Å². The van der Waals surface area contributed by atoms with Gasteiger partial charge in [-0.2, -0.15) is 5.10 Å². The van der Waals surface area contributed by atoms with E-state index in [0.29, 0.717) is 13.1 Å². The first-order chi connectivity index (χ1) is 11.7. The molecule has 1 fully saturated rings. The molecule has 0 unspecified atom stereocenters. The Labute approximate surface area is 142 Å². The van der Waals surface area contributed by atoms with Crippen molar-refractivity contribution in [1.82, 2.24) is 20.1 Å². The van der Waals surface area contributed by atoms with Gasteiger partial charge in [0.1, 0.15) is 5.69 Å². The van der Waals surface area contributed by atoms with Gasteiger partial charge in [-0.1, -0.05) is 12.1 Å². The van der Waals surface area contributed by atoms with Crippen molar-refractivity contribution in [3.8, 4) is 0 Å². The summed E-state index contributed by atoms with van der Waals surface area (Å²) in [6, 6.07) is 10.9. The average Bonchev–Trinajstić information content (AvgIpc) is 3.06. The van der Waals surface area contributed by atoms with E-state index in [9.17, 15) is 9.59 Å². The van der Waals surface area contributed by atoms with Crippen LogP contribution in [0, 0.1) is 0 Å². The van der Waals surface area contributed by atoms with E-state index in [2.05, 4.69) is 16.3 Å². The molecule has 0 bridgehead atoms. The maximum atomic E-state index is 12.6. The van der Waals surface area contributed by atoms with E-state index >= 15 is 0 Å². The lowest BCUT2D eigenvalue weighted by Crippen LogP contribution is -2.39. The minimum Gasteiger partial charge on any atom is -0.337 e. The SMILES string of the molecule is O=C(c1ccc(=O)[nH]n1)N1CCC[C@@H](c2nc3ccccc3s2)C1. The molecule has 0 saturated carbocycles. The average molecular weight is 340 g/mol. The van der Waals surface area contributed by atoms with Crippen LogP contribution >= 0.6 is 11.3 Å². The number of H-pyrrole nitrogens is 1. The molecule has 0 aliphatic carbocycles. The van der Waals surface area contributed by atoms with E-state index in [1.807, 2.05) is 18.2 Å². The van der Waals surface area contributed by atoms with Crippen LogP contribution in [0.5, 0.6) is 0 Å². The van der Waals surface area contributed by atoms with Crippen molar-refractivity contribution < 1.29 is 4.79 Å². The lowest BCUT2D eigenvalue weighted by Gasteiger charge is -2.31. The molecule has 0 radical (unpaired) electrons. The third-order valence-electron chi connectivity index (χ3n) is 4.27. The maximum Gasteiger partial charge on any atom is 0.274 e. The molecule has 122 valence electrons. The number of hydrogen-bond donors (Lipinski definition) is 1. The second kappa shape index (κ2) is 6.16. The summed E-state index contributed by atoms with van der Waals surface area (Å²) in [6.07, 6.45) is 1.97. The fourth-order valence-corrected chi connectivity index (χ4v) is 4.15. The van der Waals surface area contributed by atoms with Crippen LogP contribution in [0.15, 0.2) is 41.2 Å². The van der Waals surface area contributed by atoms with Gasteiger partial charge in [-0.05, 0) is 31.0 Å². The van der Waals surface area contributed by atoms with Crippen molar-refractivity contribution in [2.45, 2.75) is 18.8 Å². The van der Waals surface area contributed by atoms with Gasteiger partial charge in [-0.3, -0.25) is 9.59 Å². The standard InChI is InChI=1S/C17H16N4O2S/c22-15-8-7-13(19-20-15)17(23)21-9-3-4-11(10-21)16-18-12-5-1-2-6-14(12)24-16/h1-2,5-8,11H,3-4,9-10H2,(H,20,22)/t11-/m1/s1. The Morgan fingerprint density at radius 2 is 2.12 bits per heavy atom. The van der Waals surface area contributed by atoms with Crippen molar-refractivity contribution in [3.63, 3.8) is 0 Å². The number of nitrogens with one attached hydrogen (secondary N) is 1. The highest BCUT2D eigenvalue weighted by molar-refractivity contribution is 7.18. The topological polar surface area (TPSA) is 79.0 Å². The van der Waals surface area contributed by atoms with Crippen LogP contribution in [0.3, 0.4) is 0 Å². The highest BCUT2D eigenvalue weighted by Gasteiger charge is 2.28. The zero-order chi connectivity index (χ0) is 16.5. The molecule has 1 saturated heterocycles. The Morgan fingerprint density at radius 3 is 2.92 bits per heavy atom. The quantitative estimate of drug-likeness (QED) is 0.777. The van der Waals surface area contributed by atoms with Gasteiger partial charge in [0.15, 0.2) is 0 Å². The Balaban J connectivity index is 1.55. The fraction of sp³-hybridized carbons (Fsp3) is 0.294. The molecule has 1 aliphatic heterocycles. The normalized spacial score (nSPS) is 18.0. The fourth-order valence-electron chi connectivity index (χ4n) is 3.05. The van der Waals surface area contributed by atoms with Crippen molar-refractivity contribution >= 4 is 27.5 Å². The first kappa shape index (κ1) is 15.0. The zero-order valence-corrected chi connectivity index (χ0v) is 13.8. The predicted molar refractivity (Wildman–Crippen MR) is 92.4 cm³/mol. The van der Waals surface area contributed by atoms with Gasteiger partial charge in [-0.15, -0.1) is 11.3 Å². The zero-order valence-electron chi connectivity index (χ0n) is 12.9. The number of aromatic amines is 1. The predicted octanol–water partition coefficient (Wildman–Crippen LogP) is 2.40. The van der Waals surface area contributed by atoms with Crippen LogP contribution in [-0.4, -0.2) is 39.1 Å². The highest BCUT2D eigenvalue weighted by Crippen LogP contribution is 2.33. The number of thiazole rings is 1. The van der Waals surface area contributed by atoms with E-state index in [1.165, 1.54) is 16.8 Å². The second-order valence-electron chi connectivity index (χ2n) is 5.92. The van der Waals surface area contributed by atoms with Crippen molar-refractivity contribution in [2.75, 3.05) is 13.1 Å². The summed E-state index contributed by atoms with van der Waals surface area (Å²) in [6.45, 7) is 1.35. The van der Waals surface area contributed by atoms with Crippen LogP contribution in [0.2, 0.25) is 0 Å². The van der Waals surface area contributed by atoms with Gasteiger partial charge in [0, 0.05) is 25.1 Å². The number of fused-ring (bicyclic) bond motifs is 1. The van der Waals surface area contributed by atoms with Crippen molar-refractivity contribution in [1.29, 1.82) is 0 Å². The minimum atomic E-state index is -0.308. The van der Waals surface area contributed by atoms with Gasteiger partial charge in [-0.25, -0.2) is 10.1 Å². The van der Waals surface area contributed by atoms with Crippen LogP contribution in [0.4, 0.5) is 0 Å². The number of nitrogens with zero attached hydrogens (tertiary/aromatic N) is 3. The summed E-state index contributed by atoms with van der Waals surface area (Å²) in [4.78, 5) is 30.2. The summed E-state index contributed by atoms with van der Waals surface area (Å²) in [5, 5.41) is 7.25. The molecule has 1 N–H and O–H groups in total. The Kier molecular flexibility index (Phi) is 3.86. The smallest absolute Gasteiger partial charge is 0.274 e. The van der Waals surface area contributed by atoms with Crippen LogP contribution in [0.25, 0.3) is 10.2 Å². The highest BCUT2D eigenvalue weighted by atomic mass is 32.1. The van der Waals surface area contributed by atoms with Gasteiger partial charge < -0.3 is 4.90 Å². The van der Waals surface area contributed by atoms with Crippen molar-refractivity contribution in [3.05, 3.63) is 57.5 Å². The molecule has 1 aliphatic rings. The molecule has 3 aromatic rings. The molecule has 2 aromatic heterocycles.